The van der Waals surface area contributed by atoms with E-state index >= 15 is 0 Å². The molecule has 0 unspecified atom stereocenters. The molecule has 0 atom stereocenters. The van der Waals surface area contributed by atoms with Gasteiger partial charge in [-0.15, -0.1) is 48.6 Å². The van der Waals surface area contributed by atoms with Gasteiger partial charge in [0.25, 0.3) is 0 Å². The molecule has 3 rings (SSSR count). The summed E-state index contributed by atoms with van der Waals surface area (Å²) in [7, 11) is 1.67. The van der Waals surface area contributed by atoms with Gasteiger partial charge >= 0.3 is 0 Å². The number of hydrogen-bond acceptors (Lipinski definition) is 6. The Morgan fingerprint density at radius 2 is 1.88 bits per heavy atom. The van der Waals surface area contributed by atoms with Gasteiger partial charge in [0.2, 0.25) is 0 Å². The average Bonchev–Trinajstić information content (AvgIpc) is 3.05. The Hall–Kier alpha value is -0.760. The van der Waals surface area contributed by atoms with Crippen molar-refractivity contribution in [2.75, 3.05) is 39.9 Å². The lowest BCUT2D eigenvalue weighted by molar-refractivity contribution is 0.231. The second kappa shape index (κ2) is 12.6. The predicted molar refractivity (Wildman–Crippen MR) is 115 cm³/mol. The molecule has 0 bridgehead atoms. The van der Waals surface area contributed by atoms with Crippen molar-refractivity contribution < 1.29 is 9.47 Å². The normalized spacial score (nSPS) is 13.8. The summed E-state index contributed by atoms with van der Waals surface area (Å²) in [5.41, 5.74) is 2.21. The average molecular weight is 443 g/mol. The zero-order valence-corrected chi connectivity index (χ0v) is 18.2. The van der Waals surface area contributed by atoms with Crippen LogP contribution in [-0.2, 0) is 6.54 Å². The smallest absolute Gasteiger partial charge is 0.161 e. The van der Waals surface area contributed by atoms with E-state index in [1.165, 1.54) is 0 Å². The molecule has 1 saturated heterocycles. The molecule has 1 aliphatic heterocycles. The molecule has 1 aromatic heterocycles. The number of nitrogens with zero attached hydrogens (tertiary/aromatic N) is 2. The summed E-state index contributed by atoms with van der Waals surface area (Å²) in [6.45, 7) is 7.82. The van der Waals surface area contributed by atoms with Crippen LogP contribution in [-0.4, -0.2) is 49.8 Å². The SMILES string of the molecule is CCOc1ccc(-c2nc(CN3CCNCC3)cs2)cc1OC.Cl.Cl.Cl. The number of hydrogen-bond donors (Lipinski definition) is 1. The lowest BCUT2D eigenvalue weighted by Gasteiger charge is -2.26. The maximum atomic E-state index is 5.57. The maximum Gasteiger partial charge on any atom is 0.161 e. The highest BCUT2D eigenvalue weighted by molar-refractivity contribution is 7.13. The highest BCUT2D eigenvalue weighted by atomic mass is 35.5. The Morgan fingerprint density at radius 1 is 1.15 bits per heavy atom. The van der Waals surface area contributed by atoms with Crippen LogP contribution in [0.3, 0.4) is 0 Å². The van der Waals surface area contributed by atoms with Crippen LogP contribution in [0.4, 0.5) is 0 Å². The molecule has 26 heavy (non-hydrogen) atoms. The van der Waals surface area contributed by atoms with Crippen LogP contribution in [0, 0.1) is 0 Å². The third-order valence-corrected chi connectivity index (χ3v) is 4.80. The fourth-order valence-electron chi connectivity index (χ4n) is 2.69. The van der Waals surface area contributed by atoms with Gasteiger partial charge in [0.05, 0.1) is 19.4 Å². The number of piperazine rings is 1. The molecule has 1 aliphatic rings. The molecule has 1 N–H and O–H groups in total. The first-order valence-corrected chi connectivity index (χ1v) is 8.87. The molecule has 2 heterocycles. The van der Waals surface area contributed by atoms with E-state index in [4.69, 9.17) is 14.5 Å². The molecule has 0 amide bonds. The van der Waals surface area contributed by atoms with Gasteiger partial charge in [0.1, 0.15) is 5.01 Å². The van der Waals surface area contributed by atoms with E-state index in [1.807, 2.05) is 25.1 Å². The maximum absolute atomic E-state index is 5.57. The molecule has 9 heteroatoms. The molecule has 148 valence electrons. The van der Waals surface area contributed by atoms with Crippen LogP contribution in [0.2, 0.25) is 0 Å². The molecule has 5 nitrogen and oxygen atoms in total. The Morgan fingerprint density at radius 3 is 2.54 bits per heavy atom. The van der Waals surface area contributed by atoms with Gasteiger partial charge in [-0.1, -0.05) is 0 Å². The number of methoxy groups -OCH3 is 1. The van der Waals surface area contributed by atoms with Crippen molar-refractivity contribution in [3.8, 4) is 22.1 Å². The summed E-state index contributed by atoms with van der Waals surface area (Å²) in [4.78, 5) is 7.22. The number of halogens is 3. The topological polar surface area (TPSA) is 46.6 Å². The van der Waals surface area contributed by atoms with Crippen LogP contribution in [0.5, 0.6) is 11.5 Å². The summed E-state index contributed by atoms with van der Waals surface area (Å²) in [5.74, 6) is 1.53. The number of ether oxygens (including phenoxy) is 2. The van der Waals surface area contributed by atoms with E-state index in [-0.39, 0.29) is 37.2 Å². The second-order valence-corrected chi connectivity index (χ2v) is 6.33. The van der Waals surface area contributed by atoms with Crippen LogP contribution in [0.25, 0.3) is 10.6 Å². The predicted octanol–water partition coefficient (Wildman–Crippen LogP) is 3.89. The second-order valence-electron chi connectivity index (χ2n) is 5.47. The van der Waals surface area contributed by atoms with Gasteiger partial charge < -0.3 is 14.8 Å². The first-order valence-electron chi connectivity index (χ1n) is 7.99. The summed E-state index contributed by atoms with van der Waals surface area (Å²) in [6.07, 6.45) is 0. The zero-order chi connectivity index (χ0) is 16.1. The minimum Gasteiger partial charge on any atom is -0.493 e. The summed E-state index contributed by atoms with van der Waals surface area (Å²) >= 11 is 1.68. The molecule has 0 aliphatic carbocycles. The van der Waals surface area contributed by atoms with Gasteiger partial charge in [0, 0.05) is 43.7 Å². The van der Waals surface area contributed by atoms with Crippen molar-refractivity contribution in [1.29, 1.82) is 0 Å². The van der Waals surface area contributed by atoms with E-state index in [9.17, 15) is 0 Å². The molecule has 0 spiro atoms. The monoisotopic (exact) mass is 441 g/mol. The quantitative estimate of drug-likeness (QED) is 0.735. The van der Waals surface area contributed by atoms with Gasteiger partial charge in [-0.05, 0) is 25.1 Å². The Bertz CT molecular complexity index is 652. The van der Waals surface area contributed by atoms with Crippen molar-refractivity contribution in [3.63, 3.8) is 0 Å². The van der Waals surface area contributed by atoms with Crippen molar-refractivity contribution in [2.45, 2.75) is 13.5 Å². The third kappa shape index (κ3) is 6.44. The molecule has 2 aromatic rings. The van der Waals surface area contributed by atoms with Crippen molar-refractivity contribution in [1.82, 2.24) is 15.2 Å². The third-order valence-electron chi connectivity index (χ3n) is 3.86. The molecule has 1 aromatic carbocycles. The number of nitrogens with one attached hydrogen (secondary N) is 1. The number of thiazole rings is 1. The number of aromatic nitrogens is 1. The minimum absolute atomic E-state index is 0. The van der Waals surface area contributed by atoms with E-state index < -0.39 is 0 Å². The Kier molecular flexibility index (Phi) is 12.2. The highest BCUT2D eigenvalue weighted by Crippen LogP contribution is 2.33. The van der Waals surface area contributed by atoms with Crippen LogP contribution >= 0.6 is 48.6 Å². The fourth-order valence-corrected chi connectivity index (χ4v) is 3.49. The largest absolute Gasteiger partial charge is 0.493 e. The first-order chi connectivity index (χ1) is 11.3. The lowest BCUT2D eigenvalue weighted by Crippen LogP contribution is -2.42. The Labute approximate surface area is 177 Å². The molecular formula is C17H26Cl3N3O2S. The van der Waals surface area contributed by atoms with Crippen LogP contribution in [0.1, 0.15) is 12.6 Å². The Balaban J connectivity index is 0.00000208. The van der Waals surface area contributed by atoms with E-state index in [0.717, 1.165) is 60.5 Å². The van der Waals surface area contributed by atoms with Gasteiger partial charge in [-0.25, -0.2) is 4.98 Å². The van der Waals surface area contributed by atoms with Crippen molar-refractivity contribution in [3.05, 3.63) is 29.3 Å². The van der Waals surface area contributed by atoms with E-state index in [0.29, 0.717) is 6.61 Å². The standard InChI is InChI=1S/C17H23N3O2S.3ClH/c1-3-22-15-5-4-13(10-16(15)21-2)17-19-14(12-23-17)11-20-8-6-18-7-9-20;;;/h4-5,10,12,18H,3,6-9,11H2,1-2H3;3*1H. The zero-order valence-electron chi connectivity index (χ0n) is 14.9. The highest BCUT2D eigenvalue weighted by Gasteiger charge is 2.13. The van der Waals surface area contributed by atoms with Crippen molar-refractivity contribution in [2.24, 2.45) is 0 Å². The van der Waals surface area contributed by atoms with Crippen molar-refractivity contribution >= 4 is 48.6 Å². The fraction of sp³-hybridized carbons (Fsp3) is 0.471. The molecule has 1 fully saturated rings. The molecule has 0 saturated carbocycles. The van der Waals surface area contributed by atoms with Gasteiger partial charge in [-0.3, -0.25) is 4.90 Å². The number of benzene rings is 1. The summed E-state index contributed by atoms with van der Waals surface area (Å²) < 4.78 is 11.0. The van der Waals surface area contributed by atoms with Crippen LogP contribution < -0.4 is 14.8 Å². The van der Waals surface area contributed by atoms with E-state index in [2.05, 4.69) is 15.6 Å². The summed E-state index contributed by atoms with van der Waals surface area (Å²) in [6, 6.07) is 5.99. The molecular weight excluding hydrogens is 417 g/mol. The minimum atomic E-state index is 0. The molecule has 0 radical (unpaired) electrons. The number of rotatable bonds is 6. The van der Waals surface area contributed by atoms with E-state index in [1.54, 1.807) is 18.4 Å². The summed E-state index contributed by atoms with van der Waals surface area (Å²) in [5, 5.41) is 6.55. The lowest BCUT2D eigenvalue weighted by atomic mass is 10.2. The first kappa shape index (κ1) is 25.2. The van der Waals surface area contributed by atoms with Crippen LogP contribution in [0.15, 0.2) is 23.6 Å². The van der Waals surface area contributed by atoms with Gasteiger partial charge in [-0.2, -0.15) is 0 Å². The van der Waals surface area contributed by atoms with Gasteiger partial charge in [0.15, 0.2) is 11.5 Å².